The Labute approximate surface area is 197 Å². The fourth-order valence-corrected chi connectivity index (χ4v) is 4.08. The first-order chi connectivity index (χ1) is 15.9. The number of hydrogen-bond donors (Lipinski definition) is 1. The number of nitrogens with one attached hydrogen (secondary N) is 1. The summed E-state index contributed by atoms with van der Waals surface area (Å²) in [5, 5.41) is 2.90. The predicted molar refractivity (Wildman–Crippen MR) is 136 cm³/mol. The molecule has 0 unspecified atom stereocenters. The number of carbonyl (C=O) groups is 1. The van der Waals surface area contributed by atoms with E-state index in [-0.39, 0.29) is 5.91 Å². The predicted octanol–water partition coefficient (Wildman–Crippen LogP) is 5.92. The average molecular weight is 448 g/mol. The molecular weight excluding hydrogens is 410 g/mol. The van der Waals surface area contributed by atoms with Gasteiger partial charge in [-0.3, -0.25) is 4.79 Å². The second-order valence-electron chi connectivity index (χ2n) is 8.89. The summed E-state index contributed by atoms with van der Waals surface area (Å²) in [4.78, 5) is 16.5. The van der Waals surface area contributed by atoms with Gasteiger partial charge >= 0.3 is 0 Å². The molecule has 33 heavy (non-hydrogen) atoms. The lowest BCUT2D eigenvalue weighted by atomic mass is 10.1. The van der Waals surface area contributed by atoms with Gasteiger partial charge in [-0.05, 0) is 81.8 Å². The van der Waals surface area contributed by atoms with Crippen molar-refractivity contribution in [3.8, 4) is 5.75 Å². The van der Waals surface area contributed by atoms with Gasteiger partial charge in [-0.1, -0.05) is 31.2 Å². The first-order valence-electron chi connectivity index (χ1n) is 12.0. The van der Waals surface area contributed by atoms with E-state index in [0.29, 0.717) is 12.1 Å². The number of para-hydroxylation sites is 2. The molecule has 176 valence electrons. The van der Waals surface area contributed by atoms with Crippen LogP contribution in [-0.4, -0.2) is 28.6 Å². The smallest absolute Gasteiger partial charge is 0.246 e. The van der Waals surface area contributed by atoms with Crippen molar-refractivity contribution in [2.75, 3.05) is 13.2 Å². The van der Waals surface area contributed by atoms with Crippen molar-refractivity contribution in [3.05, 3.63) is 71.6 Å². The number of ether oxygens (including phenoxy) is 1. The third-order valence-corrected chi connectivity index (χ3v) is 5.72. The van der Waals surface area contributed by atoms with Crippen LogP contribution in [0.3, 0.4) is 0 Å². The van der Waals surface area contributed by atoms with Crippen molar-refractivity contribution in [2.45, 2.75) is 65.8 Å². The Morgan fingerprint density at radius 3 is 2.55 bits per heavy atom. The number of nitrogens with zero attached hydrogens (tertiary/aromatic N) is 2. The third-order valence-electron chi connectivity index (χ3n) is 5.72. The number of rotatable bonds is 13. The summed E-state index contributed by atoms with van der Waals surface area (Å²) in [5.74, 6) is 2.05. The van der Waals surface area contributed by atoms with Crippen molar-refractivity contribution >= 4 is 16.9 Å². The Kier molecular flexibility index (Phi) is 9.11. The molecule has 1 N–H and O–H groups in total. The highest BCUT2D eigenvalue weighted by Crippen LogP contribution is 2.20. The Balaban J connectivity index is 1.48. The summed E-state index contributed by atoms with van der Waals surface area (Å²) < 4.78 is 8.35. The summed E-state index contributed by atoms with van der Waals surface area (Å²) in [7, 11) is 0. The minimum Gasteiger partial charge on any atom is -0.494 e. The highest BCUT2D eigenvalue weighted by molar-refractivity contribution is 5.92. The van der Waals surface area contributed by atoms with Crippen LogP contribution in [0.4, 0.5) is 0 Å². The molecule has 1 aromatic heterocycles. The number of amides is 1. The van der Waals surface area contributed by atoms with Crippen molar-refractivity contribution in [1.82, 2.24) is 14.9 Å². The van der Waals surface area contributed by atoms with Crippen LogP contribution in [0, 0.1) is 13.8 Å². The van der Waals surface area contributed by atoms with Crippen LogP contribution < -0.4 is 10.1 Å². The maximum absolute atomic E-state index is 11.6. The van der Waals surface area contributed by atoms with Crippen molar-refractivity contribution in [3.63, 3.8) is 0 Å². The van der Waals surface area contributed by atoms with E-state index in [1.807, 2.05) is 6.07 Å². The van der Waals surface area contributed by atoms with Gasteiger partial charge in [0.1, 0.15) is 11.6 Å². The van der Waals surface area contributed by atoms with Crippen LogP contribution in [0.15, 0.2) is 54.6 Å². The molecule has 2 aromatic carbocycles. The van der Waals surface area contributed by atoms with E-state index in [1.165, 1.54) is 16.6 Å². The molecule has 0 saturated heterocycles. The first-order valence-corrected chi connectivity index (χ1v) is 12.0. The van der Waals surface area contributed by atoms with Crippen molar-refractivity contribution in [1.29, 1.82) is 0 Å². The Morgan fingerprint density at radius 2 is 1.79 bits per heavy atom. The summed E-state index contributed by atoms with van der Waals surface area (Å²) in [6.07, 6.45) is 6.08. The molecule has 0 aliphatic carbocycles. The molecule has 0 atom stereocenters. The summed E-state index contributed by atoms with van der Waals surface area (Å²) in [5.41, 5.74) is 5.29. The fourth-order valence-electron chi connectivity index (χ4n) is 4.08. The number of benzene rings is 2. The van der Waals surface area contributed by atoms with E-state index in [1.54, 1.807) is 6.92 Å². The van der Waals surface area contributed by atoms with Gasteiger partial charge in [0, 0.05) is 25.1 Å². The molecular formula is C28H37N3O2. The zero-order valence-corrected chi connectivity index (χ0v) is 20.3. The quantitative estimate of drug-likeness (QED) is 0.261. The van der Waals surface area contributed by atoms with Gasteiger partial charge in [-0.2, -0.15) is 0 Å². The molecule has 0 spiro atoms. The molecule has 0 saturated carbocycles. The number of aromatic nitrogens is 2. The van der Waals surface area contributed by atoms with Crippen LogP contribution >= 0.6 is 0 Å². The second kappa shape index (κ2) is 12.2. The van der Waals surface area contributed by atoms with Gasteiger partial charge in [0.15, 0.2) is 0 Å². The summed E-state index contributed by atoms with van der Waals surface area (Å²) in [6, 6.07) is 14.7. The molecule has 0 aliphatic rings. The maximum Gasteiger partial charge on any atom is 0.246 e. The Morgan fingerprint density at radius 1 is 1.03 bits per heavy atom. The lowest BCUT2D eigenvalue weighted by Crippen LogP contribution is -2.24. The highest BCUT2D eigenvalue weighted by Gasteiger charge is 2.10. The number of hydrogen-bond acceptors (Lipinski definition) is 3. The number of carbonyl (C=O) groups excluding carboxylic acids is 1. The second-order valence-corrected chi connectivity index (χ2v) is 8.89. The van der Waals surface area contributed by atoms with Crippen LogP contribution in [0.25, 0.3) is 11.0 Å². The molecule has 5 nitrogen and oxygen atoms in total. The number of fused-ring (bicyclic) bond motifs is 1. The third kappa shape index (κ3) is 7.48. The van der Waals surface area contributed by atoms with Gasteiger partial charge in [-0.25, -0.2) is 4.98 Å². The van der Waals surface area contributed by atoms with Gasteiger partial charge in [0.25, 0.3) is 0 Å². The van der Waals surface area contributed by atoms with E-state index >= 15 is 0 Å². The molecule has 3 rings (SSSR count). The lowest BCUT2D eigenvalue weighted by molar-refractivity contribution is -0.117. The first kappa shape index (κ1) is 24.6. The largest absolute Gasteiger partial charge is 0.494 e. The Bertz CT molecular complexity index is 1060. The van der Waals surface area contributed by atoms with Crippen LogP contribution in [0.1, 0.15) is 56.0 Å². The fraction of sp³-hybridized carbons (Fsp3) is 0.429. The summed E-state index contributed by atoms with van der Waals surface area (Å²) >= 11 is 0. The zero-order chi connectivity index (χ0) is 23.6. The molecule has 1 amide bonds. The lowest BCUT2D eigenvalue weighted by Gasteiger charge is -2.11. The van der Waals surface area contributed by atoms with E-state index in [9.17, 15) is 4.79 Å². The molecule has 1 heterocycles. The van der Waals surface area contributed by atoms with E-state index in [2.05, 4.69) is 66.7 Å². The standard InChI is InChI=1S/C28H37N3O2/c1-21(2)28(32)29-15-9-5-6-14-27-30-25-12-7-8-13-26(25)31(27)16-10-11-17-33-24-19-22(3)18-23(4)20-24/h7-8,12-13,18-20H,1,5-6,9-11,14-17H2,2-4H3,(H,29,32). The van der Waals surface area contributed by atoms with Gasteiger partial charge in [-0.15, -0.1) is 0 Å². The highest BCUT2D eigenvalue weighted by atomic mass is 16.5. The van der Waals surface area contributed by atoms with Gasteiger partial charge < -0.3 is 14.6 Å². The van der Waals surface area contributed by atoms with Crippen molar-refractivity contribution in [2.24, 2.45) is 0 Å². The van der Waals surface area contributed by atoms with Crippen LogP contribution in [0.2, 0.25) is 0 Å². The van der Waals surface area contributed by atoms with Crippen LogP contribution in [0.5, 0.6) is 5.75 Å². The topological polar surface area (TPSA) is 56.2 Å². The average Bonchev–Trinajstić information content (AvgIpc) is 3.12. The summed E-state index contributed by atoms with van der Waals surface area (Å²) in [6.45, 7) is 12.0. The minimum absolute atomic E-state index is 0.0571. The molecule has 3 aromatic rings. The monoisotopic (exact) mass is 447 g/mol. The van der Waals surface area contributed by atoms with E-state index in [4.69, 9.17) is 9.72 Å². The van der Waals surface area contributed by atoms with E-state index in [0.717, 1.165) is 68.8 Å². The normalized spacial score (nSPS) is 11.0. The number of unbranched alkanes of at least 4 members (excludes halogenated alkanes) is 3. The molecule has 0 bridgehead atoms. The molecule has 0 aliphatic heterocycles. The van der Waals surface area contributed by atoms with Crippen LogP contribution in [-0.2, 0) is 17.8 Å². The molecule has 5 heteroatoms. The number of imidazole rings is 1. The van der Waals surface area contributed by atoms with Gasteiger partial charge in [0.05, 0.1) is 17.6 Å². The van der Waals surface area contributed by atoms with E-state index < -0.39 is 0 Å². The van der Waals surface area contributed by atoms with Gasteiger partial charge in [0.2, 0.25) is 5.91 Å². The molecule has 0 fully saturated rings. The minimum atomic E-state index is -0.0571. The number of aryl methyl sites for hydroxylation is 4. The molecule has 0 radical (unpaired) electrons. The zero-order valence-electron chi connectivity index (χ0n) is 20.3. The SMILES string of the molecule is C=C(C)C(=O)NCCCCCc1nc2ccccc2n1CCCCOc1cc(C)cc(C)c1. The Hall–Kier alpha value is -3.08. The van der Waals surface area contributed by atoms with Crippen molar-refractivity contribution < 1.29 is 9.53 Å². The maximum atomic E-state index is 11.6.